The standard InChI is InChI=1S/C7H7NO4S.ClH/c1-12-7(11)5-4(6(9)10)3(8)2-13-5;/h2H,8H2,1H3,(H,9,10);1H. The Balaban J connectivity index is 0.00000169. The molecule has 3 N–H and O–H groups in total. The number of carbonyl (C=O) groups excluding carboxylic acids is 1. The van der Waals surface area contributed by atoms with Crippen molar-refractivity contribution >= 4 is 41.4 Å². The summed E-state index contributed by atoms with van der Waals surface area (Å²) in [5.74, 6) is -1.90. The Hall–Kier alpha value is -1.27. The molecule has 0 fully saturated rings. The Morgan fingerprint density at radius 2 is 2.14 bits per heavy atom. The highest BCUT2D eigenvalue weighted by atomic mass is 35.5. The minimum atomic E-state index is -1.22. The fourth-order valence-corrected chi connectivity index (χ4v) is 1.70. The highest BCUT2D eigenvalue weighted by Gasteiger charge is 2.22. The summed E-state index contributed by atoms with van der Waals surface area (Å²) in [6.07, 6.45) is 0. The quantitative estimate of drug-likeness (QED) is 0.756. The SMILES string of the molecule is COC(=O)c1scc(N)c1C(=O)O.Cl. The molecule has 78 valence electrons. The van der Waals surface area contributed by atoms with Crippen LogP contribution in [0, 0.1) is 0 Å². The van der Waals surface area contributed by atoms with Crippen LogP contribution in [-0.2, 0) is 4.74 Å². The first-order valence-electron chi connectivity index (χ1n) is 3.26. The van der Waals surface area contributed by atoms with Crippen molar-refractivity contribution in [3.8, 4) is 0 Å². The van der Waals surface area contributed by atoms with Crippen molar-refractivity contribution in [1.82, 2.24) is 0 Å². The van der Waals surface area contributed by atoms with Crippen LogP contribution in [0.2, 0.25) is 0 Å². The molecule has 0 aliphatic carbocycles. The molecule has 1 aromatic heterocycles. The minimum Gasteiger partial charge on any atom is -0.478 e. The van der Waals surface area contributed by atoms with Crippen LogP contribution in [0.3, 0.4) is 0 Å². The van der Waals surface area contributed by atoms with Gasteiger partial charge in [-0.2, -0.15) is 0 Å². The fourth-order valence-electron chi connectivity index (χ4n) is 0.835. The van der Waals surface area contributed by atoms with Gasteiger partial charge in [-0.15, -0.1) is 23.7 Å². The molecule has 0 saturated heterocycles. The zero-order valence-corrected chi connectivity index (χ0v) is 8.78. The number of nitrogen functional groups attached to an aromatic ring is 1. The largest absolute Gasteiger partial charge is 0.478 e. The molecule has 0 aromatic carbocycles. The van der Waals surface area contributed by atoms with E-state index >= 15 is 0 Å². The number of hydrogen-bond acceptors (Lipinski definition) is 5. The number of carboxylic acid groups (broad SMARTS) is 1. The van der Waals surface area contributed by atoms with Crippen LogP contribution in [0.15, 0.2) is 5.38 Å². The molecular formula is C7H8ClNO4S. The van der Waals surface area contributed by atoms with Crippen LogP contribution < -0.4 is 5.73 Å². The van der Waals surface area contributed by atoms with E-state index in [1.165, 1.54) is 12.5 Å². The van der Waals surface area contributed by atoms with Gasteiger partial charge in [0.2, 0.25) is 0 Å². The molecule has 0 radical (unpaired) electrons. The second-order valence-corrected chi connectivity index (χ2v) is 3.07. The van der Waals surface area contributed by atoms with Gasteiger partial charge in [0.15, 0.2) is 0 Å². The third-order valence-corrected chi connectivity index (χ3v) is 2.38. The van der Waals surface area contributed by atoms with Crippen molar-refractivity contribution in [2.75, 3.05) is 12.8 Å². The van der Waals surface area contributed by atoms with Crippen LogP contribution in [-0.4, -0.2) is 24.2 Å². The normalized spacial score (nSPS) is 8.93. The first kappa shape index (κ1) is 12.7. The lowest BCUT2D eigenvalue weighted by atomic mass is 10.2. The molecule has 0 aliphatic rings. The Morgan fingerprint density at radius 1 is 1.57 bits per heavy atom. The second-order valence-electron chi connectivity index (χ2n) is 2.19. The van der Waals surface area contributed by atoms with E-state index in [4.69, 9.17) is 10.8 Å². The van der Waals surface area contributed by atoms with E-state index < -0.39 is 11.9 Å². The van der Waals surface area contributed by atoms with Gasteiger partial charge in [0.05, 0.1) is 12.8 Å². The third kappa shape index (κ3) is 2.15. The van der Waals surface area contributed by atoms with Gasteiger partial charge in [0.1, 0.15) is 10.4 Å². The lowest BCUT2D eigenvalue weighted by molar-refractivity contribution is 0.0589. The number of thiophene rings is 1. The summed E-state index contributed by atoms with van der Waals surface area (Å²) in [6.45, 7) is 0. The number of rotatable bonds is 2. The van der Waals surface area contributed by atoms with Crippen LogP contribution in [0.5, 0.6) is 0 Å². The van der Waals surface area contributed by atoms with Crippen molar-refractivity contribution in [1.29, 1.82) is 0 Å². The van der Waals surface area contributed by atoms with E-state index in [-0.39, 0.29) is 28.5 Å². The first-order valence-corrected chi connectivity index (χ1v) is 4.14. The number of esters is 1. The van der Waals surface area contributed by atoms with Crippen LogP contribution in [0.25, 0.3) is 0 Å². The van der Waals surface area contributed by atoms with E-state index in [1.54, 1.807) is 0 Å². The Labute approximate surface area is 89.9 Å². The van der Waals surface area contributed by atoms with Gasteiger partial charge in [-0.05, 0) is 0 Å². The number of methoxy groups -OCH3 is 1. The monoisotopic (exact) mass is 237 g/mol. The fraction of sp³-hybridized carbons (Fsp3) is 0.143. The number of hydrogen-bond donors (Lipinski definition) is 2. The lowest BCUT2D eigenvalue weighted by Gasteiger charge is -1.97. The number of aromatic carboxylic acids is 1. The Kier molecular flexibility index (Phi) is 4.39. The van der Waals surface area contributed by atoms with E-state index in [9.17, 15) is 9.59 Å². The zero-order chi connectivity index (χ0) is 10.0. The summed E-state index contributed by atoms with van der Waals surface area (Å²) < 4.78 is 4.39. The summed E-state index contributed by atoms with van der Waals surface area (Å²) >= 11 is 0.957. The molecule has 1 rings (SSSR count). The summed E-state index contributed by atoms with van der Waals surface area (Å²) in [6, 6.07) is 0. The molecule has 14 heavy (non-hydrogen) atoms. The number of nitrogens with two attached hydrogens (primary N) is 1. The number of halogens is 1. The second kappa shape index (κ2) is 4.83. The predicted molar refractivity (Wildman–Crippen MR) is 54.3 cm³/mol. The van der Waals surface area contributed by atoms with Gasteiger partial charge in [-0.1, -0.05) is 0 Å². The van der Waals surface area contributed by atoms with Gasteiger partial charge in [0.25, 0.3) is 0 Å². The molecule has 7 heteroatoms. The van der Waals surface area contributed by atoms with Crippen molar-refractivity contribution in [3.63, 3.8) is 0 Å². The smallest absolute Gasteiger partial charge is 0.349 e. The van der Waals surface area contributed by atoms with E-state index in [1.807, 2.05) is 0 Å². The number of ether oxygens (including phenoxy) is 1. The van der Waals surface area contributed by atoms with Crippen molar-refractivity contribution in [2.45, 2.75) is 0 Å². The topological polar surface area (TPSA) is 89.6 Å². The summed E-state index contributed by atoms with van der Waals surface area (Å²) in [5, 5.41) is 10.1. The van der Waals surface area contributed by atoms with Gasteiger partial charge >= 0.3 is 11.9 Å². The highest BCUT2D eigenvalue weighted by molar-refractivity contribution is 7.13. The number of carboxylic acids is 1. The van der Waals surface area contributed by atoms with E-state index in [2.05, 4.69) is 4.74 Å². The van der Waals surface area contributed by atoms with E-state index in [0.717, 1.165) is 11.3 Å². The third-order valence-electron chi connectivity index (χ3n) is 1.40. The highest BCUT2D eigenvalue weighted by Crippen LogP contribution is 2.25. The molecule has 0 spiro atoms. The van der Waals surface area contributed by atoms with Crippen LogP contribution >= 0.6 is 23.7 Å². The molecule has 0 atom stereocenters. The van der Waals surface area contributed by atoms with Crippen molar-refractivity contribution in [2.24, 2.45) is 0 Å². The van der Waals surface area contributed by atoms with Gasteiger partial charge in [-0.3, -0.25) is 0 Å². The Morgan fingerprint density at radius 3 is 2.57 bits per heavy atom. The number of carbonyl (C=O) groups is 2. The molecule has 1 heterocycles. The van der Waals surface area contributed by atoms with Crippen molar-refractivity contribution in [3.05, 3.63) is 15.8 Å². The van der Waals surface area contributed by atoms with Gasteiger partial charge in [-0.25, -0.2) is 9.59 Å². The van der Waals surface area contributed by atoms with Crippen LogP contribution in [0.1, 0.15) is 20.0 Å². The molecule has 0 unspecified atom stereocenters. The summed E-state index contributed by atoms with van der Waals surface area (Å²) in [4.78, 5) is 21.7. The maximum atomic E-state index is 11.0. The van der Waals surface area contributed by atoms with E-state index in [0.29, 0.717) is 0 Å². The average molecular weight is 238 g/mol. The molecular weight excluding hydrogens is 230 g/mol. The van der Waals surface area contributed by atoms with Crippen molar-refractivity contribution < 1.29 is 19.4 Å². The lowest BCUT2D eigenvalue weighted by Crippen LogP contribution is -2.08. The Bertz CT molecular complexity index is 363. The summed E-state index contributed by atoms with van der Waals surface area (Å²) in [7, 11) is 1.18. The molecule has 0 bridgehead atoms. The van der Waals surface area contributed by atoms with Crippen LogP contribution in [0.4, 0.5) is 5.69 Å². The summed E-state index contributed by atoms with van der Waals surface area (Å²) in [5.41, 5.74) is 5.25. The molecule has 5 nitrogen and oxygen atoms in total. The number of anilines is 1. The zero-order valence-electron chi connectivity index (χ0n) is 7.14. The maximum Gasteiger partial charge on any atom is 0.349 e. The molecule has 0 amide bonds. The minimum absolute atomic E-state index is 0. The predicted octanol–water partition coefficient (Wildman–Crippen LogP) is 1.24. The molecule has 0 aliphatic heterocycles. The van der Waals surface area contributed by atoms with Gasteiger partial charge in [0, 0.05) is 5.38 Å². The molecule has 1 aromatic rings. The average Bonchev–Trinajstić information content (AvgIpc) is 2.45. The van der Waals surface area contributed by atoms with Gasteiger partial charge < -0.3 is 15.6 Å². The maximum absolute atomic E-state index is 11.0. The molecule has 0 saturated carbocycles. The first-order chi connectivity index (χ1) is 6.07.